The van der Waals surface area contributed by atoms with Crippen molar-refractivity contribution in [1.29, 1.82) is 0 Å². The van der Waals surface area contributed by atoms with E-state index in [-0.39, 0.29) is 5.97 Å². The molecule has 3 nitrogen and oxygen atoms in total. The number of hydrogen-bond acceptors (Lipinski definition) is 3. The molecule has 1 aromatic rings. The van der Waals surface area contributed by atoms with Crippen LogP contribution >= 0.6 is 0 Å². The van der Waals surface area contributed by atoms with Gasteiger partial charge in [0.25, 0.3) is 0 Å². The van der Waals surface area contributed by atoms with E-state index in [0.717, 1.165) is 31.4 Å². The number of hydrogen-bond donors (Lipinski definition) is 0. The number of nitrogens with zero attached hydrogens (tertiary/aromatic N) is 1. The molecule has 0 aliphatic carbocycles. The topological polar surface area (TPSA) is 29.5 Å². The highest BCUT2D eigenvalue weighted by molar-refractivity contribution is 5.80. The number of rotatable bonds is 3. The van der Waals surface area contributed by atoms with Crippen LogP contribution in [-0.4, -0.2) is 30.0 Å². The Morgan fingerprint density at radius 3 is 2.72 bits per heavy atom. The average molecular weight is 247 g/mol. The van der Waals surface area contributed by atoms with E-state index in [1.54, 1.807) is 0 Å². The van der Waals surface area contributed by atoms with Crippen molar-refractivity contribution in [3.05, 3.63) is 35.9 Å². The Morgan fingerprint density at radius 1 is 1.33 bits per heavy atom. The van der Waals surface area contributed by atoms with Crippen LogP contribution in [0.25, 0.3) is 0 Å². The van der Waals surface area contributed by atoms with Gasteiger partial charge in [0.1, 0.15) is 12.1 Å². The molecule has 1 saturated heterocycles. The molecule has 1 fully saturated rings. The van der Waals surface area contributed by atoms with Crippen LogP contribution < -0.4 is 0 Å². The summed E-state index contributed by atoms with van der Waals surface area (Å²) in [5.41, 5.74) is 0.584. The van der Waals surface area contributed by atoms with Crippen LogP contribution in [0.1, 0.15) is 31.7 Å². The van der Waals surface area contributed by atoms with Gasteiger partial charge in [0.15, 0.2) is 0 Å². The summed E-state index contributed by atoms with van der Waals surface area (Å²) in [6.45, 7) is 3.32. The quantitative estimate of drug-likeness (QED) is 0.769. The number of benzene rings is 1. The van der Waals surface area contributed by atoms with Crippen LogP contribution in [0.3, 0.4) is 0 Å². The molecule has 1 atom stereocenters. The first-order valence-electron chi connectivity index (χ1n) is 6.55. The summed E-state index contributed by atoms with van der Waals surface area (Å²) in [7, 11) is 2.00. The van der Waals surface area contributed by atoms with E-state index in [4.69, 9.17) is 4.74 Å². The monoisotopic (exact) mass is 247 g/mol. The zero-order valence-corrected chi connectivity index (χ0v) is 11.2. The minimum atomic E-state index is -0.451. The first kappa shape index (κ1) is 13.1. The fourth-order valence-electron chi connectivity index (χ4n) is 2.39. The normalized spacial score (nSPS) is 24.8. The Balaban J connectivity index is 1.95. The third-order valence-corrected chi connectivity index (χ3v) is 3.90. The van der Waals surface area contributed by atoms with Crippen molar-refractivity contribution >= 4 is 5.97 Å². The molecular formula is C15H21NO2. The highest BCUT2D eigenvalue weighted by Crippen LogP contribution is 2.27. The van der Waals surface area contributed by atoms with E-state index in [2.05, 4.69) is 4.90 Å². The van der Waals surface area contributed by atoms with Crippen molar-refractivity contribution < 1.29 is 9.53 Å². The first-order valence-corrected chi connectivity index (χ1v) is 6.55. The van der Waals surface area contributed by atoms with Crippen molar-refractivity contribution in [2.24, 2.45) is 0 Å². The van der Waals surface area contributed by atoms with Crippen molar-refractivity contribution in [1.82, 2.24) is 4.90 Å². The Labute approximate surface area is 109 Å². The molecular weight excluding hydrogens is 226 g/mol. The van der Waals surface area contributed by atoms with Gasteiger partial charge in [-0.2, -0.15) is 0 Å². The summed E-state index contributed by atoms with van der Waals surface area (Å²) in [6, 6.07) is 9.82. The summed E-state index contributed by atoms with van der Waals surface area (Å²) in [5, 5.41) is 0. The lowest BCUT2D eigenvalue weighted by atomic mass is 9.89. The largest absolute Gasteiger partial charge is 0.459 e. The predicted octanol–water partition coefficient (Wildman–Crippen LogP) is 2.60. The SMILES string of the molecule is CN1CCCC[C@@]1(C)C(=O)OCc1ccccc1. The van der Waals surface area contributed by atoms with Crippen LogP contribution in [0.15, 0.2) is 30.3 Å². The maximum Gasteiger partial charge on any atom is 0.326 e. The minimum Gasteiger partial charge on any atom is -0.459 e. The van der Waals surface area contributed by atoms with Gasteiger partial charge >= 0.3 is 5.97 Å². The number of ether oxygens (including phenoxy) is 1. The highest BCUT2D eigenvalue weighted by atomic mass is 16.5. The standard InChI is InChI=1S/C15H21NO2/c1-15(10-6-7-11-16(15)2)14(17)18-12-13-8-4-3-5-9-13/h3-5,8-9H,6-7,10-12H2,1-2H3/t15-/m0/s1. The second-order valence-electron chi connectivity index (χ2n) is 5.21. The third-order valence-electron chi connectivity index (χ3n) is 3.90. The summed E-state index contributed by atoms with van der Waals surface area (Å²) in [6.07, 6.45) is 3.15. The number of likely N-dealkylation sites (N-methyl/N-ethyl adjacent to an activating group) is 1. The van der Waals surface area contributed by atoms with E-state index in [1.807, 2.05) is 44.3 Å². The van der Waals surface area contributed by atoms with Crippen molar-refractivity contribution in [3.8, 4) is 0 Å². The molecule has 18 heavy (non-hydrogen) atoms. The smallest absolute Gasteiger partial charge is 0.326 e. The van der Waals surface area contributed by atoms with Gasteiger partial charge in [-0.05, 0) is 45.3 Å². The molecule has 0 spiro atoms. The van der Waals surface area contributed by atoms with Gasteiger partial charge in [0, 0.05) is 0 Å². The van der Waals surface area contributed by atoms with Gasteiger partial charge in [-0.25, -0.2) is 0 Å². The van der Waals surface area contributed by atoms with Gasteiger partial charge in [-0.15, -0.1) is 0 Å². The van der Waals surface area contributed by atoms with E-state index in [9.17, 15) is 4.79 Å². The molecule has 0 N–H and O–H groups in total. The van der Waals surface area contributed by atoms with Gasteiger partial charge < -0.3 is 4.74 Å². The fourth-order valence-corrected chi connectivity index (χ4v) is 2.39. The summed E-state index contributed by atoms with van der Waals surface area (Å²) in [4.78, 5) is 14.4. The second kappa shape index (κ2) is 5.53. The van der Waals surface area contributed by atoms with Crippen molar-refractivity contribution in [2.75, 3.05) is 13.6 Å². The van der Waals surface area contributed by atoms with Crippen LogP contribution in [0.2, 0.25) is 0 Å². The van der Waals surface area contributed by atoms with Crippen LogP contribution in [0, 0.1) is 0 Å². The van der Waals surface area contributed by atoms with Gasteiger partial charge in [-0.1, -0.05) is 30.3 Å². The molecule has 98 valence electrons. The number of carbonyl (C=O) groups excluding carboxylic acids is 1. The average Bonchev–Trinajstić information content (AvgIpc) is 2.40. The molecule has 1 aliphatic heterocycles. The summed E-state index contributed by atoms with van der Waals surface area (Å²) in [5.74, 6) is -0.103. The zero-order valence-electron chi connectivity index (χ0n) is 11.2. The van der Waals surface area contributed by atoms with Gasteiger partial charge in [0.05, 0.1) is 0 Å². The number of carbonyl (C=O) groups is 1. The molecule has 3 heteroatoms. The number of piperidine rings is 1. The van der Waals surface area contributed by atoms with Crippen molar-refractivity contribution in [3.63, 3.8) is 0 Å². The second-order valence-corrected chi connectivity index (χ2v) is 5.21. The third kappa shape index (κ3) is 2.72. The number of likely N-dealkylation sites (tertiary alicyclic amines) is 1. The zero-order chi connectivity index (χ0) is 13.0. The molecule has 0 amide bonds. The minimum absolute atomic E-state index is 0.103. The lowest BCUT2D eigenvalue weighted by molar-refractivity contribution is -0.160. The van der Waals surface area contributed by atoms with Gasteiger partial charge in [-0.3, -0.25) is 9.69 Å². The number of esters is 1. The molecule has 1 heterocycles. The van der Waals surface area contributed by atoms with E-state index >= 15 is 0 Å². The fraction of sp³-hybridized carbons (Fsp3) is 0.533. The maximum atomic E-state index is 12.2. The van der Waals surface area contributed by atoms with Crippen LogP contribution in [-0.2, 0) is 16.1 Å². The molecule has 0 radical (unpaired) electrons. The van der Waals surface area contributed by atoms with E-state index < -0.39 is 5.54 Å². The Kier molecular flexibility index (Phi) is 4.02. The van der Waals surface area contributed by atoms with E-state index in [1.165, 1.54) is 0 Å². The Hall–Kier alpha value is -1.35. The Bertz CT molecular complexity index is 404. The molecule has 1 aromatic carbocycles. The van der Waals surface area contributed by atoms with Crippen LogP contribution in [0.5, 0.6) is 0 Å². The predicted molar refractivity (Wildman–Crippen MR) is 71.1 cm³/mol. The molecule has 0 saturated carbocycles. The van der Waals surface area contributed by atoms with Crippen molar-refractivity contribution in [2.45, 2.75) is 38.3 Å². The first-order chi connectivity index (χ1) is 8.63. The summed E-state index contributed by atoms with van der Waals surface area (Å²) < 4.78 is 5.46. The molecule has 1 aliphatic rings. The highest BCUT2D eigenvalue weighted by Gasteiger charge is 2.40. The summed E-state index contributed by atoms with van der Waals surface area (Å²) >= 11 is 0. The molecule has 0 aromatic heterocycles. The molecule has 0 unspecified atom stereocenters. The molecule has 0 bridgehead atoms. The van der Waals surface area contributed by atoms with Crippen LogP contribution in [0.4, 0.5) is 0 Å². The van der Waals surface area contributed by atoms with Gasteiger partial charge in [0.2, 0.25) is 0 Å². The Morgan fingerprint density at radius 2 is 2.06 bits per heavy atom. The molecule has 2 rings (SSSR count). The lowest BCUT2D eigenvalue weighted by Gasteiger charge is -2.40. The maximum absolute atomic E-state index is 12.2. The lowest BCUT2D eigenvalue weighted by Crippen LogP contribution is -2.53. The van der Waals surface area contributed by atoms with E-state index in [0.29, 0.717) is 6.61 Å².